The van der Waals surface area contributed by atoms with Gasteiger partial charge in [-0.2, -0.15) is 0 Å². The third-order valence-electron chi connectivity index (χ3n) is 2.23. The van der Waals surface area contributed by atoms with E-state index in [1.807, 2.05) is 0 Å². The van der Waals surface area contributed by atoms with Crippen LogP contribution < -0.4 is 4.74 Å². The van der Waals surface area contributed by atoms with Crippen LogP contribution in [0, 0.1) is 5.82 Å². The van der Waals surface area contributed by atoms with E-state index >= 15 is 0 Å². The number of ether oxygens (including phenoxy) is 1. The molecule has 0 unspecified atom stereocenters. The third-order valence-corrected chi connectivity index (χ3v) is 3.75. The zero-order valence-corrected chi connectivity index (χ0v) is 11.3. The van der Waals surface area contributed by atoms with Gasteiger partial charge in [0.05, 0.1) is 22.0 Å². The molecule has 2 aromatic rings. The second-order valence-electron chi connectivity index (χ2n) is 3.28. The van der Waals surface area contributed by atoms with Gasteiger partial charge < -0.3 is 4.74 Å². The highest BCUT2D eigenvalue weighted by atomic mass is 79.9. The molecule has 2 rings (SSSR count). The molecular weight excluding hydrogens is 307 g/mol. The molecule has 0 bridgehead atoms. The molecule has 5 heteroatoms. The molecule has 0 saturated carbocycles. The molecule has 0 spiro atoms. The van der Waals surface area contributed by atoms with Gasteiger partial charge in [-0.05, 0) is 28.1 Å². The molecule has 1 aromatic carbocycles. The van der Waals surface area contributed by atoms with E-state index in [-0.39, 0.29) is 15.8 Å². The summed E-state index contributed by atoms with van der Waals surface area (Å²) < 4.78 is 19.0. The Balaban J connectivity index is 2.40. The summed E-state index contributed by atoms with van der Waals surface area (Å²) in [4.78, 5) is 12.5. The largest absolute Gasteiger partial charge is 0.496 e. The second kappa shape index (κ2) is 4.98. The van der Waals surface area contributed by atoms with Gasteiger partial charge in [0, 0.05) is 11.4 Å². The van der Waals surface area contributed by atoms with Crippen LogP contribution in [0.4, 0.5) is 4.39 Å². The van der Waals surface area contributed by atoms with E-state index in [1.54, 1.807) is 23.6 Å². The van der Waals surface area contributed by atoms with Gasteiger partial charge in [-0.25, -0.2) is 4.39 Å². The Labute approximate surface area is 110 Å². The predicted molar refractivity (Wildman–Crippen MR) is 68.4 cm³/mol. The Kier molecular flexibility index (Phi) is 3.59. The smallest absolute Gasteiger partial charge is 0.206 e. The highest BCUT2D eigenvalue weighted by molar-refractivity contribution is 9.10. The van der Waals surface area contributed by atoms with Gasteiger partial charge in [0.15, 0.2) is 0 Å². The minimum atomic E-state index is -0.537. The lowest BCUT2D eigenvalue weighted by atomic mass is 10.1. The lowest BCUT2D eigenvalue weighted by Crippen LogP contribution is -2.02. The number of thiophene rings is 1. The first-order chi connectivity index (χ1) is 8.13. The molecule has 0 aliphatic rings. The fraction of sp³-hybridized carbons (Fsp3) is 0.0833. The van der Waals surface area contributed by atoms with Gasteiger partial charge in [-0.1, -0.05) is 6.07 Å². The van der Waals surface area contributed by atoms with Gasteiger partial charge in [-0.15, -0.1) is 11.3 Å². The van der Waals surface area contributed by atoms with E-state index in [0.717, 1.165) is 0 Å². The molecule has 2 nitrogen and oxygen atoms in total. The molecule has 0 saturated heterocycles. The van der Waals surface area contributed by atoms with Crippen molar-refractivity contribution in [2.24, 2.45) is 0 Å². The zero-order chi connectivity index (χ0) is 12.4. The molecule has 1 aromatic heterocycles. The van der Waals surface area contributed by atoms with Crippen molar-refractivity contribution in [1.82, 2.24) is 0 Å². The number of methoxy groups -OCH3 is 1. The lowest BCUT2D eigenvalue weighted by Gasteiger charge is -2.01. The summed E-state index contributed by atoms with van der Waals surface area (Å²) >= 11 is 4.29. The average molecular weight is 315 g/mol. The summed E-state index contributed by atoms with van der Waals surface area (Å²) in [5.74, 6) is -0.268. The number of hydrogen-bond donors (Lipinski definition) is 0. The van der Waals surface area contributed by atoms with Crippen LogP contribution in [0.3, 0.4) is 0 Å². The van der Waals surface area contributed by atoms with Crippen molar-refractivity contribution in [3.63, 3.8) is 0 Å². The molecule has 0 atom stereocenters. The van der Waals surface area contributed by atoms with Crippen LogP contribution in [0.15, 0.2) is 34.1 Å². The van der Waals surface area contributed by atoms with Gasteiger partial charge in [0.25, 0.3) is 0 Å². The summed E-state index contributed by atoms with van der Waals surface area (Å²) in [5, 5.41) is 1.71. The molecule has 88 valence electrons. The van der Waals surface area contributed by atoms with E-state index in [0.29, 0.717) is 10.6 Å². The highest BCUT2D eigenvalue weighted by Gasteiger charge is 2.17. The maximum Gasteiger partial charge on any atom is 0.206 e. The Morgan fingerprint density at radius 1 is 1.47 bits per heavy atom. The van der Waals surface area contributed by atoms with Crippen molar-refractivity contribution in [3.05, 3.63) is 50.4 Å². The van der Waals surface area contributed by atoms with Crippen molar-refractivity contribution in [1.29, 1.82) is 0 Å². The normalized spacial score (nSPS) is 10.3. The summed E-state index contributed by atoms with van der Waals surface area (Å²) in [7, 11) is 1.52. The summed E-state index contributed by atoms with van der Waals surface area (Å²) in [6.45, 7) is 0. The van der Waals surface area contributed by atoms with E-state index in [9.17, 15) is 9.18 Å². The van der Waals surface area contributed by atoms with Gasteiger partial charge in [0.1, 0.15) is 11.6 Å². The number of carbonyl (C=O) groups is 1. The number of carbonyl (C=O) groups excluding carboxylic acids is 1. The summed E-state index contributed by atoms with van der Waals surface area (Å²) in [5.41, 5.74) is 0.0591. The van der Waals surface area contributed by atoms with Crippen LogP contribution in [0.2, 0.25) is 0 Å². The Morgan fingerprint density at radius 3 is 2.88 bits per heavy atom. The minimum Gasteiger partial charge on any atom is -0.496 e. The molecule has 17 heavy (non-hydrogen) atoms. The first-order valence-electron chi connectivity index (χ1n) is 4.74. The van der Waals surface area contributed by atoms with E-state index in [2.05, 4.69) is 15.9 Å². The van der Waals surface area contributed by atoms with Crippen LogP contribution in [0.25, 0.3) is 0 Å². The number of ketones is 1. The minimum absolute atomic E-state index is 0.0591. The third kappa shape index (κ3) is 2.40. The fourth-order valence-electron chi connectivity index (χ4n) is 1.36. The Bertz CT molecular complexity index is 565. The zero-order valence-electron chi connectivity index (χ0n) is 8.87. The van der Waals surface area contributed by atoms with E-state index in [4.69, 9.17) is 4.74 Å². The molecule has 0 N–H and O–H groups in total. The fourth-order valence-corrected chi connectivity index (χ4v) is 2.53. The molecule has 0 fully saturated rings. The second-order valence-corrected chi connectivity index (χ2v) is 5.05. The molecule has 0 aliphatic heterocycles. The first-order valence-corrected chi connectivity index (χ1v) is 6.42. The van der Waals surface area contributed by atoms with E-state index in [1.165, 1.54) is 24.5 Å². The predicted octanol–water partition coefficient (Wildman–Crippen LogP) is 3.89. The van der Waals surface area contributed by atoms with Crippen molar-refractivity contribution >= 4 is 33.0 Å². The molecule has 0 radical (unpaired) electrons. The van der Waals surface area contributed by atoms with Crippen molar-refractivity contribution in [2.75, 3.05) is 7.11 Å². The molecular formula is C12H8BrFO2S. The van der Waals surface area contributed by atoms with Crippen LogP contribution in [0.1, 0.15) is 15.2 Å². The summed E-state index contributed by atoms with van der Waals surface area (Å²) in [6.07, 6.45) is 0. The van der Waals surface area contributed by atoms with Crippen molar-refractivity contribution < 1.29 is 13.9 Å². The topological polar surface area (TPSA) is 26.3 Å². The van der Waals surface area contributed by atoms with Crippen LogP contribution in [-0.4, -0.2) is 12.9 Å². The molecule has 0 aliphatic carbocycles. The lowest BCUT2D eigenvalue weighted by molar-refractivity contribution is 0.103. The van der Waals surface area contributed by atoms with Crippen molar-refractivity contribution in [2.45, 2.75) is 0 Å². The SMILES string of the molecule is COc1csc(C(=O)c2cccc(Br)c2F)c1. The Hall–Kier alpha value is -1.20. The van der Waals surface area contributed by atoms with Crippen LogP contribution >= 0.6 is 27.3 Å². The van der Waals surface area contributed by atoms with Gasteiger partial charge in [0.2, 0.25) is 5.78 Å². The van der Waals surface area contributed by atoms with Crippen LogP contribution in [0.5, 0.6) is 5.75 Å². The average Bonchev–Trinajstić information content (AvgIpc) is 2.80. The maximum atomic E-state index is 13.7. The quantitative estimate of drug-likeness (QED) is 0.803. The van der Waals surface area contributed by atoms with Crippen LogP contribution in [-0.2, 0) is 0 Å². The monoisotopic (exact) mass is 314 g/mol. The number of hydrogen-bond acceptors (Lipinski definition) is 3. The number of halogens is 2. The standard InChI is InChI=1S/C12H8BrFO2S/c1-16-7-5-10(17-6-7)12(15)8-3-2-4-9(13)11(8)14/h2-6H,1H3. The Morgan fingerprint density at radius 2 is 2.24 bits per heavy atom. The molecule has 1 heterocycles. The van der Waals surface area contributed by atoms with E-state index < -0.39 is 5.82 Å². The first kappa shape index (κ1) is 12.3. The number of benzene rings is 1. The molecule has 0 amide bonds. The maximum absolute atomic E-state index is 13.7. The highest BCUT2D eigenvalue weighted by Crippen LogP contribution is 2.26. The van der Waals surface area contributed by atoms with Crippen molar-refractivity contribution in [3.8, 4) is 5.75 Å². The van der Waals surface area contributed by atoms with Gasteiger partial charge in [-0.3, -0.25) is 4.79 Å². The van der Waals surface area contributed by atoms with Gasteiger partial charge >= 0.3 is 0 Å². The summed E-state index contributed by atoms with van der Waals surface area (Å²) in [6, 6.07) is 6.26. The number of rotatable bonds is 3.